The Labute approximate surface area is 193 Å². The van der Waals surface area contributed by atoms with E-state index in [1.807, 2.05) is 24.3 Å². The van der Waals surface area contributed by atoms with E-state index < -0.39 is 11.3 Å². The standard InChI is InChI=1S/C28H41NO3/c1-8-9-10-11-16-28(25(29)32,21-17-19(26(2,3)4)12-14-23(21)30)22-18-20(27(5,6)7)13-15-24(22)31/h12-15,17-18,30-31H,8-11,16H2,1-7H3,(H2,29,32). The predicted octanol–water partition coefficient (Wildman–Crippen LogP) is 6.43. The maximum Gasteiger partial charge on any atom is 0.232 e. The minimum Gasteiger partial charge on any atom is -0.508 e. The number of phenols is 2. The van der Waals surface area contributed by atoms with Crippen molar-refractivity contribution in [3.63, 3.8) is 0 Å². The van der Waals surface area contributed by atoms with Gasteiger partial charge in [-0.05, 0) is 40.5 Å². The zero-order chi connectivity index (χ0) is 24.3. The molecule has 0 spiro atoms. The zero-order valence-electron chi connectivity index (χ0n) is 20.9. The molecular weight excluding hydrogens is 398 g/mol. The molecule has 0 unspecified atom stereocenters. The van der Waals surface area contributed by atoms with Crippen molar-refractivity contribution in [3.05, 3.63) is 58.7 Å². The Morgan fingerprint density at radius 3 is 1.56 bits per heavy atom. The number of carbonyl (C=O) groups is 1. The van der Waals surface area contributed by atoms with Gasteiger partial charge in [-0.15, -0.1) is 0 Å². The smallest absolute Gasteiger partial charge is 0.232 e. The second kappa shape index (κ2) is 9.56. The zero-order valence-corrected chi connectivity index (χ0v) is 20.9. The van der Waals surface area contributed by atoms with Crippen LogP contribution in [0.3, 0.4) is 0 Å². The molecule has 2 rings (SSSR count). The SMILES string of the molecule is CCCCCCC(C(N)=O)(c1cc(C(C)(C)C)ccc1O)c1cc(C(C)(C)C)ccc1O. The lowest BCUT2D eigenvalue weighted by molar-refractivity contribution is -0.122. The van der Waals surface area contributed by atoms with Gasteiger partial charge in [0.25, 0.3) is 0 Å². The molecule has 0 fully saturated rings. The lowest BCUT2D eigenvalue weighted by Gasteiger charge is -2.35. The van der Waals surface area contributed by atoms with Gasteiger partial charge in [0.05, 0.1) is 0 Å². The average Bonchev–Trinajstić information content (AvgIpc) is 2.67. The fraction of sp³-hybridized carbons (Fsp3) is 0.536. The number of amides is 1. The Balaban J connectivity index is 2.87. The van der Waals surface area contributed by atoms with Crippen molar-refractivity contribution in [2.75, 3.05) is 0 Å². The summed E-state index contributed by atoms with van der Waals surface area (Å²) in [6, 6.07) is 10.8. The Hall–Kier alpha value is -2.49. The van der Waals surface area contributed by atoms with Crippen LogP contribution >= 0.6 is 0 Å². The first-order valence-corrected chi connectivity index (χ1v) is 11.7. The molecule has 0 aliphatic carbocycles. The van der Waals surface area contributed by atoms with Crippen LogP contribution < -0.4 is 5.73 Å². The minimum atomic E-state index is -1.33. The van der Waals surface area contributed by atoms with E-state index >= 15 is 0 Å². The molecule has 0 heterocycles. The van der Waals surface area contributed by atoms with Crippen LogP contribution in [0.25, 0.3) is 0 Å². The van der Waals surface area contributed by atoms with Gasteiger partial charge >= 0.3 is 0 Å². The van der Waals surface area contributed by atoms with Crippen molar-refractivity contribution in [2.45, 2.75) is 96.8 Å². The predicted molar refractivity (Wildman–Crippen MR) is 132 cm³/mol. The van der Waals surface area contributed by atoms with Crippen molar-refractivity contribution < 1.29 is 15.0 Å². The first-order chi connectivity index (χ1) is 14.7. The number of carbonyl (C=O) groups excluding carboxylic acids is 1. The van der Waals surface area contributed by atoms with E-state index in [1.54, 1.807) is 12.1 Å². The van der Waals surface area contributed by atoms with Gasteiger partial charge in [-0.25, -0.2) is 0 Å². The lowest BCUT2D eigenvalue weighted by Crippen LogP contribution is -2.43. The molecule has 0 aliphatic heterocycles. The summed E-state index contributed by atoms with van der Waals surface area (Å²) >= 11 is 0. The van der Waals surface area contributed by atoms with Crippen molar-refractivity contribution in [1.82, 2.24) is 0 Å². The molecular formula is C28H41NO3. The van der Waals surface area contributed by atoms with Gasteiger partial charge in [0.1, 0.15) is 16.9 Å². The third-order valence-electron chi connectivity index (χ3n) is 6.47. The van der Waals surface area contributed by atoms with Gasteiger partial charge < -0.3 is 15.9 Å². The minimum absolute atomic E-state index is 0.0212. The quantitative estimate of drug-likeness (QED) is 0.414. The molecule has 0 radical (unpaired) electrons. The van der Waals surface area contributed by atoms with Crippen LogP contribution in [0.15, 0.2) is 36.4 Å². The lowest BCUT2D eigenvalue weighted by atomic mass is 9.67. The molecule has 2 aromatic rings. The van der Waals surface area contributed by atoms with E-state index in [4.69, 9.17) is 5.73 Å². The molecule has 0 atom stereocenters. The molecule has 2 aromatic carbocycles. The number of primary amides is 1. The van der Waals surface area contributed by atoms with E-state index in [0.29, 0.717) is 17.5 Å². The van der Waals surface area contributed by atoms with E-state index in [-0.39, 0.29) is 22.3 Å². The Bertz CT molecular complexity index is 885. The molecule has 4 heteroatoms. The fourth-order valence-corrected chi connectivity index (χ4v) is 4.31. The number of unbranched alkanes of at least 4 members (excludes halogenated alkanes) is 3. The van der Waals surface area contributed by atoms with Gasteiger partial charge in [0.15, 0.2) is 0 Å². The topological polar surface area (TPSA) is 83.6 Å². The summed E-state index contributed by atoms with van der Waals surface area (Å²) in [5.41, 5.74) is 7.39. The fourth-order valence-electron chi connectivity index (χ4n) is 4.31. The van der Waals surface area contributed by atoms with Crippen molar-refractivity contribution in [2.24, 2.45) is 5.73 Å². The molecule has 32 heavy (non-hydrogen) atoms. The number of phenolic OH excluding ortho intramolecular Hbond substituents is 2. The number of benzene rings is 2. The van der Waals surface area contributed by atoms with Gasteiger partial charge in [-0.2, -0.15) is 0 Å². The first-order valence-electron chi connectivity index (χ1n) is 11.7. The summed E-state index contributed by atoms with van der Waals surface area (Å²) in [6.07, 6.45) is 4.25. The summed E-state index contributed by atoms with van der Waals surface area (Å²) in [5, 5.41) is 22.0. The van der Waals surface area contributed by atoms with Gasteiger partial charge in [-0.3, -0.25) is 4.79 Å². The Morgan fingerprint density at radius 1 is 0.781 bits per heavy atom. The van der Waals surface area contributed by atoms with Crippen LogP contribution in [-0.4, -0.2) is 16.1 Å². The highest BCUT2D eigenvalue weighted by molar-refractivity contribution is 5.92. The maximum atomic E-state index is 13.3. The summed E-state index contributed by atoms with van der Waals surface area (Å²) in [7, 11) is 0. The van der Waals surface area contributed by atoms with E-state index in [9.17, 15) is 15.0 Å². The van der Waals surface area contributed by atoms with Crippen molar-refractivity contribution in [1.29, 1.82) is 0 Å². The van der Waals surface area contributed by atoms with Crippen LogP contribution in [0, 0.1) is 0 Å². The van der Waals surface area contributed by atoms with Crippen LogP contribution in [0.5, 0.6) is 11.5 Å². The highest BCUT2D eigenvalue weighted by Crippen LogP contribution is 2.47. The molecule has 0 saturated carbocycles. The Morgan fingerprint density at radius 2 is 1.22 bits per heavy atom. The van der Waals surface area contributed by atoms with Crippen LogP contribution in [-0.2, 0) is 21.0 Å². The van der Waals surface area contributed by atoms with Crippen LogP contribution in [0.1, 0.15) is 103 Å². The molecule has 0 bridgehead atoms. The number of hydrogen-bond acceptors (Lipinski definition) is 3. The summed E-state index contributed by atoms with van der Waals surface area (Å²) < 4.78 is 0. The molecule has 0 aromatic heterocycles. The molecule has 176 valence electrons. The highest BCUT2D eigenvalue weighted by Gasteiger charge is 2.44. The molecule has 4 N–H and O–H groups in total. The van der Waals surface area contributed by atoms with Crippen molar-refractivity contribution in [3.8, 4) is 11.5 Å². The molecule has 1 amide bonds. The largest absolute Gasteiger partial charge is 0.508 e. The Kier molecular flexibility index (Phi) is 7.70. The molecule has 0 saturated heterocycles. The van der Waals surface area contributed by atoms with E-state index in [1.165, 1.54) is 0 Å². The summed E-state index contributed by atoms with van der Waals surface area (Å²) in [4.78, 5) is 13.3. The van der Waals surface area contributed by atoms with Gasteiger partial charge in [-0.1, -0.05) is 98.4 Å². The van der Waals surface area contributed by atoms with Crippen LogP contribution in [0.4, 0.5) is 0 Å². The first kappa shape index (κ1) is 25.8. The number of aromatic hydroxyl groups is 2. The average molecular weight is 440 g/mol. The summed E-state index contributed by atoms with van der Waals surface area (Å²) in [5.74, 6) is -0.516. The second-order valence-corrected chi connectivity index (χ2v) is 11.0. The number of rotatable bonds is 8. The third kappa shape index (κ3) is 5.28. The molecule has 4 nitrogen and oxygen atoms in total. The second-order valence-electron chi connectivity index (χ2n) is 11.0. The monoisotopic (exact) mass is 439 g/mol. The normalized spacial score (nSPS) is 12.7. The van der Waals surface area contributed by atoms with Crippen molar-refractivity contribution >= 4 is 5.91 Å². The number of hydrogen-bond donors (Lipinski definition) is 3. The molecule has 0 aliphatic rings. The van der Waals surface area contributed by atoms with Gasteiger partial charge in [0.2, 0.25) is 5.91 Å². The highest BCUT2D eigenvalue weighted by atomic mass is 16.3. The third-order valence-corrected chi connectivity index (χ3v) is 6.47. The maximum absolute atomic E-state index is 13.3. The van der Waals surface area contributed by atoms with Gasteiger partial charge in [0, 0.05) is 11.1 Å². The van der Waals surface area contributed by atoms with Crippen LogP contribution in [0.2, 0.25) is 0 Å². The van der Waals surface area contributed by atoms with E-state index in [2.05, 4.69) is 48.5 Å². The van der Waals surface area contributed by atoms with E-state index in [0.717, 1.165) is 36.8 Å². The number of nitrogens with two attached hydrogens (primary N) is 1. The summed E-state index contributed by atoms with van der Waals surface area (Å²) in [6.45, 7) is 14.7.